The lowest BCUT2D eigenvalue weighted by Crippen LogP contribution is -2.34. The Balaban J connectivity index is 1.44. The fourth-order valence-electron chi connectivity index (χ4n) is 3.36. The van der Waals surface area contributed by atoms with Gasteiger partial charge in [0, 0.05) is 31.0 Å². The third-order valence-electron chi connectivity index (χ3n) is 4.75. The number of nitrogens with zero attached hydrogens (tertiary/aromatic N) is 4. The summed E-state index contributed by atoms with van der Waals surface area (Å²) in [6, 6.07) is 12.6. The van der Waals surface area contributed by atoms with Crippen LogP contribution >= 0.6 is 0 Å². The quantitative estimate of drug-likeness (QED) is 0.726. The number of hydrogen-bond donors (Lipinski definition) is 0. The van der Waals surface area contributed by atoms with Crippen molar-refractivity contribution in [3.63, 3.8) is 0 Å². The topological polar surface area (TPSA) is 55.1 Å². The third kappa shape index (κ3) is 3.77. The molecule has 0 unspecified atom stereocenters. The summed E-state index contributed by atoms with van der Waals surface area (Å²) in [5.41, 5.74) is 3.57. The van der Waals surface area contributed by atoms with Gasteiger partial charge in [-0.3, -0.25) is 9.88 Å². The predicted molar refractivity (Wildman–Crippen MR) is 96.0 cm³/mol. The summed E-state index contributed by atoms with van der Waals surface area (Å²) in [5, 5.41) is 8.52. The number of likely N-dealkylation sites (tertiary alicyclic amines) is 1. The minimum Gasteiger partial charge on any atom is -0.420 e. The van der Waals surface area contributed by atoms with Crippen LogP contribution in [0.1, 0.15) is 35.8 Å². The van der Waals surface area contributed by atoms with Gasteiger partial charge in [0.2, 0.25) is 11.8 Å². The molecule has 4 rings (SSSR count). The lowest BCUT2D eigenvalue weighted by molar-refractivity contribution is 0.186. The molecule has 1 aliphatic rings. The Bertz CT molecular complexity index is 813. The summed E-state index contributed by atoms with van der Waals surface area (Å²) in [6.45, 7) is 5.18. The predicted octanol–water partition coefficient (Wildman–Crippen LogP) is 3.82. The van der Waals surface area contributed by atoms with Crippen molar-refractivity contribution in [2.75, 3.05) is 13.1 Å². The highest BCUT2D eigenvalue weighted by molar-refractivity contribution is 5.50. The molecular formula is C20H22N4O. The van der Waals surface area contributed by atoms with Crippen LogP contribution in [0.4, 0.5) is 0 Å². The van der Waals surface area contributed by atoms with Crippen LogP contribution in [0.25, 0.3) is 11.5 Å². The number of pyridine rings is 1. The van der Waals surface area contributed by atoms with Gasteiger partial charge < -0.3 is 4.42 Å². The standard InChI is InChI=1S/C20H22N4O/c1-15-4-6-16(7-5-15)13-24-12-2-3-18(14-24)20-23-22-19(25-20)17-8-10-21-11-9-17/h4-11,18H,2-3,12-14H2,1H3/t18-/m0/s1. The molecule has 1 aromatic carbocycles. The van der Waals surface area contributed by atoms with E-state index < -0.39 is 0 Å². The fraction of sp³-hybridized carbons (Fsp3) is 0.350. The molecule has 0 spiro atoms. The Morgan fingerprint density at radius 3 is 2.68 bits per heavy atom. The number of piperidine rings is 1. The van der Waals surface area contributed by atoms with Gasteiger partial charge in [-0.25, -0.2) is 0 Å². The summed E-state index contributed by atoms with van der Waals surface area (Å²) in [6.07, 6.45) is 5.73. The van der Waals surface area contributed by atoms with E-state index in [4.69, 9.17) is 4.42 Å². The van der Waals surface area contributed by atoms with E-state index in [-0.39, 0.29) is 0 Å². The Morgan fingerprint density at radius 2 is 1.88 bits per heavy atom. The van der Waals surface area contributed by atoms with Crippen LogP contribution in [-0.2, 0) is 6.54 Å². The second kappa shape index (κ2) is 7.15. The van der Waals surface area contributed by atoms with E-state index >= 15 is 0 Å². The first-order valence-corrected chi connectivity index (χ1v) is 8.79. The zero-order valence-corrected chi connectivity index (χ0v) is 14.4. The molecule has 2 aromatic heterocycles. The Labute approximate surface area is 147 Å². The van der Waals surface area contributed by atoms with E-state index in [1.54, 1.807) is 12.4 Å². The van der Waals surface area contributed by atoms with E-state index in [1.807, 2.05) is 12.1 Å². The van der Waals surface area contributed by atoms with E-state index in [0.717, 1.165) is 43.9 Å². The largest absolute Gasteiger partial charge is 0.420 e. The SMILES string of the molecule is Cc1ccc(CN2CCC[C@H](c3nnc(-c4ccncc4)o3)C2)cc1. The number of rotatable bonds is 4. The van der Waals surface area contributed by atoms with Gasteiger partial charge in [-0.2, -0.15) is 0 Å². The average molecular weight is 334 g/mol. The Morgan fingerprint density at radius 1 is 1.08 bits per heavy atom. The van der Waals surface area contributed by atoms with Gasteiger partial charge in [0.1, 0.15) is 0 Å². The van der Waals surface area contributed by atoms with Gasteiger partial charge in [-0.05, 0) is 44.0 Å². The molecule has 0 radical (unpaired) electrons. The maximum Gasteiger partial charge on any atom is 0.247 e. The zero-order chi connectivity index (χ0) is 17.1. The molecule has 25 heavy (non-hydrogen) atoms. The molecule has 0 N–H and O–H groups in total. The summed E-state index contributed by atoms with van der Waals surface area (Å²) < 4.78 is 5.95. The first kappa shape index (κ1) is 16.0. The van der Waals surface area contributed by atoms with E-state index in [0.29, 0.717) is 11.8 Å². The molecule has 3 aromatic rings. The average Bonchev–Trinajstić information content (AvgIpc) is 3.15. The minimum atomic E-state index is 0.308. The molecule has 1 aliphatic heterocycles. The van der Waals surface area contributed by atoms with Crippen molar-refractivity contribution in [2.24, 2.45) is 0 Å². The number of hydrogen-bond acceptors (Lipinski definition) is 5. The molecule has 1 fully saturated rings. The first-order chi connectivity index (χ1) is 12.3. The molecule has 3 heterocycles. The van der Waals surface area contributed by atoms with Crippen molar-refractivity contribution in [1.82, 2.24) is 20.1 Å². The molecule has 1 saturated heterocycles. The van der Waals surface area contributed by atoms with Gasteiger partial charge in [0.05, 0.1) is 5.92 Å². The maximum absolute atomic E-state index is 5.95. The van der Waals surface area contributed by atoms with Crippen LogP contribution in [0.2, 0.25) is 0 Å². The zero-order valence-electron chi connectivity index (χ0n) is 14.4. The lowest BCUT2D eigenvalue weighted by atomic mass is 9.97. The maximum atomic E-state index is 5.95. The van der Waals surface area contributed by atoms with Crippen LogP contribution in [0.5, 0.6) is 0 Å². The van der Waals surface area contributed by atoms with Crippen LogP contribution in [0.3, 0.4) is 0 Å². The minimum absolute atomic E-state index is 0.308. The van der Waals surface area contributed by atoms with Crippen LogP contribution in [0.15, 0.2) is 53.2 Å². The number of aryl methyl sites for hydroxylation is 1. The smallest absolute Gasteiger partial charge is 0.247 e. The molecule has 0 aliphatic carbocycles. The first-order valence-electron chi connectivity index (χ1n) is 8.79. The van der Waals surface area contributed by atoms with Gasteiger partial charge in [0.15, 0.2) is 0 Å². The summed E-state index contributed by atoms with van der Waals surface area (Å²) in [5.74, 6) is 1.63. The van der Waals surface area contributed by atoms with Crippen LogP contribution in [0, 0.1) is 6.92 Å². The lowest BCUT2D eigenvalue weighted by Gasteiger charge is -2.31. The summed E-state index contributed by atoms with van der Waals surface area (Å²) >= 11 is 0. The molecule has 0 saturated carbocycles. The van der Waals surface area contributed by atoms with E-state index in [2.05, 4.69) is 51.3 Å². The molecule has 0 bridgehead atoms. The van der Waals surface area contributed by atoms with Crippen molar-refractivity contribution in [1.29, 1.82) is 0 Å². The van der Waals surface area contributed by atoms with Crippen molar-refractivity contribution in [3.05, 3.63) is 65.8 Å². The summed E-state index contributed by atoms with van der Waals surface area (Å²) in [4.78, 5) is 6.51. The third-order valence-corrected chi connectivity index (χ3v) is 4.75. The number of aromatic nitrogens is 3. The van der Waals surface area contributed by atoms with E-state index in [1.165, 1.54) is 11.1 Å². The van der Waals surface area contributed by atoms with Gasteiger partial charge >= 0.3 is 0 Å². The van der Waals surface area contributed by atoms with Gasteiger partial charge in [-0.15, -0.1) is 10.2 Å². The molecule has 5 heteroatoms. The Kier molecular flexibility index (Phi) is 4.57. The van der Waals surface area contributed by atoms with Crippen molar-refractivity contribution in [2.45, 2.75) is 32.2 Å². The molecule has 1 atom stereocenters. The summed E-state index contributed by atoms with van der Waals surface area (Å²) in [7, 11) is 0. The molecule has 0 amide bonds. The highest BCUT2D eigenvalue weighted by Gasteiger charge is 2.26. The highest BCUT2D eigenvalue weighted by atomic mass is 16.4. The van der Waals surface area contributed by atoms with E-state index in [9.17, 15) is 0 Å². The van der Waals surface area contributed by atoms with Crippen LogP contribution in [-0.4, -0.2) is 33.2 Å². The van der Waals surface area contributed by atoms with Crippen LogP contribution < -0.4 is 0 Å². The normalized spacial score (nSPS) is 18.4. The number of benzene rings is 1. The second-order valence-electron chi connectivity index (χ2n) is 6.74. The molecule has 5 nitrogen and oxygen atoms in total. The fourth-order valence-corrected chi connectivity index (χ4v) is 3.36. The monoisotopic (exact) mass is 334 g/mol. The Hall–Kier alpha value is -2.53. The van der Waals surface area contributed by atoms with Gasteiger partial charge in [0.25, 0.3) is 0 Å². The van der Waals surface area contributed by atoms with Crippen molar-refractivity contribution < 1.29 is 4.42 Å². The van der Waals surface area contributed by atoms with Crippen molar-refractivity contribution in [3.8, 4) is 11.5 Å². The highest BCUT2D eigenvalue weighted by Crippen LogP contribution is 2.29. The molecule has 128 valence electrons. The second-order valence-corrected chi connectivity index (χ2v) is 6.74. The molecular weight excluding hydrogens is 312 g/mol. The van der Waals surface area contributed by atoms with Gasteiger partial charge in [-0.1, -0.05) is 29.8 Å². The van der Waals surface area contributed by atoms with Crippen molar-refractivity contribution >= 4 is 0 Å².